The zero-order valence-electron chi connectivity index (χ0n) is 23.9. The molecule has 0 aromatic carbocycles. The molecule has 38 heavy (non-hydrogen) atoms. The third-order valence-electron chi connectivity index (χ3n) is 7.50. The summed E-state index contributed by atoms with van der Waals surface area (Å²) in [4.78, 5) is 11.6. The first kappa shape index (κ1) is 35.2. The van der Waals surface area contributed by atoms with Crippen molar-refractivity contribution in [3.05, 3.63) is 0 Å². The number of aliphatic hydroxyl groups is 5. The highest BCUT2D eigenvalue weighted by Crippen LogP contribution is 2.22. The van der Waals surface area contributed by atoms with Crippen LogP contribution in [0.3, 0.4) is 0 Å². The molecule has 0 aromatic rings. The molecule has 7 atom stereocenters. The summed E-state index contributed by atoms with van der Waals surface area (Å²) < 4.78 is 10.9. The van der Waals surface area contributed by atoms with Crippen molar-refractivity contribution < 1.29 is 39.8 Å². The Morgan fingerprint density at radius 3 is 1.71 bits per heavy atom. The van der Waals surface area contributed by atoms with Gasteiger partial charge >= 0.3 is 0 Å². The number of hydrogen-bond acceptors (Lipinski definition) is 8. The Balaban J connectivity index is 2.15. The number of hydrogen-bond donors (Lipinski definition) is 6. The van der Waals surface area contributed by atoms with E-state index in [-0.39, 0.29) is 12.5 Å². The minimum absolute atomic E-state index is 0.151. The van der Waals surface area contributed by atoms with Crippen LogP contribution in [-0.2, 0) is 14.3 Å². The number of rotatable bonds is 23. The van der Waals surface area contributed by atoms with Crippen molar-refractivity contribution >= 4 is 5.91 Å². The molecular weight excluding hydrogens is 490 g/mol. The minimum Gasteiger partial charge on any atom is -0.394 e. The van der Waals surface area contributed by atoms with E-state index in [4.69, 9.17) is 9.47 Å². The van der Waals surface area contributed by atoms with Gasteiger partial charge in [0.15, 0.2) is 6.29 Å². The normalized spacial score (nSPS) is 25.3. The molecule has 1 fully saturated rings. The van der Waals surface area contributed by atoms with Crippen LogP contribution in [0.2, 0.25) is 0 Å². The van der Waals surface area contributed by atoms with Gasteiger partial charge in [-0.3, -0.25) is 4.79 Å². The Labute approximate surface area is 230 Å². The van der Waals surface area contributed by atoms with Crippen molar-refractivity contribution in [1.29, 1.82) is 0 Å². The second-order valence-corrected chi connectivity index (χ2v) is 11.0. The van der Waals surface area contributed by atoms with Gasteiger partial charge in [0.1, 0.15) is 24.4 Å². The monoisotopic (exact) mass is 547 g/mol. The van der Waals surface area contributed by atoms with Crippen molar-refractivity contribution in [2.75, 3.05) is 13.2 Å². The Hall–Kier alpha value is -0.810. The molecule has 0 radical (unpaired) electrons. The van der Waals surface area contributed by atoms with E-state index in [1.807, 2.05) is 0 Å². The molecule has 0 saturated carbocycles. The molecule has 1 saturated heterocycles. The van der Waals surface area contributed by atoms with Crippen LogP contribution in [0.1, 0.15) is 123 Å². The number of nitrogens with one attached hydrogen (secondary N) is 1. The first-order valence-corrected chi connectivity index (χ1v) is 15.2. The maximum Gasteiger partial charge on any atom is 0.217 e. The second kappa shape index (κ2) is 21.9. The van der Waals surface area contributed by atoms with Crippen LogP contribution in [0.25, 0.3) is 0 Å². The maximum absolute atomic E-state index is 11.6. The number of amides is 1. The number of ether oxygens (including phenoxy) is 2. The second-order valence-electron chi connectivity index (χ2n) is 11.0. The molecule has 1 heterocycles. The average molecular weight is 548 g/mol. The van der Waals surface area contributed by atoms with E-state index in [9.17, 15) is 30.3 Å². The third-order valence-corrected chi connectivity index (χ3v) is 7.50. The average Bonchev–Trinajstić information content (AvgIpc) is 2.90. The lowest BCUT2D eigenvalue weighted by atomic mass is 9.99. The lowest BCUT2D eigenvalue weighted by molar-refractivity contribution is -0.302. The third kappa shape index (κ3) is 15.1. The highest BCUT2D eigenvalue weighted by molar-refractivity contribution is 5.73. The molecule has 9 heteroatoms. The number of carbonyl (C=O) groups excluding carboxylic acids is 1. The zero-order chi connectivity index (χ0) is 28.2. The summed E-state index contributed by atoms with van der Waals surface area (Å²) in [6.45, 7) is 2.90. The Morgan fingerprint density at radius 2 is 1.26 bits per heavy atom. The fourth-order valence-corrected chi connectivity index (χ4v) is 5.02. The summed E-state index contributed by atoms with van der Waals surface area (Å²) in [5, 5.41) is 52.5. The summed E-state index contributed by atoms with van der Waals surface area (Å²) in [5.74, 6) is -0.321. The molecule has 0 spiro atoms. The lowest BCUT2D eigenvalue weighted by Gasteiger charge is -2.40. The number of carbonyl (C=O) groups is 1. The van der Waals surface area contributed by atoms with Crippen molar-refractivity contribution in [3.63, 3.8) is 0 Å². The van der Waals surface area contributed by atoms with Gasteiger partial charge < -0.3 is 40.3 Å². The SMILES string of the molecule is CCCCCCCCCCCCCCCCCCC(O)C(COC1OC(CO)C(O)C(O)C1O)NC(C)=O. The summed E-state index contributed by atoms with van der Waals surface area (Å²) in [5.41, 5.74) is 0. The van der Waals surface area contributed by atoms with Crippen LogP contribution in [0.4, 0.5) is 0 Å². The number of unbranched alkanes of at least 4 members (excludes halogenated alkanes) is 15. The van der Waals surface area contributed by atoms with Crippen LogP contribution in [-0.4, -0.2) is 87.5 Å². The molecule has 1 aliphatic heterocycles. The minimum atomic E-state index is -1.54. The van der Waals surface area contributed by atoms with Crippen molar-refractivity contribution in [2.24, 2.45) is 0 Å². The molecule has 0 aromatic heterocycles. The van der Waals surface area contributed by atoms with Crippen molar-refractivity contribution in [3.8, 4) is 0 Å². The van der Waals surface area contributed by atoms with Gasteiger partial charge in [-0.25, -0.2) is 0 Å². The van der Waals surface area contributed by atoms with Crippen molar-refractivity contribution in [1.82, 2.24) is 5.32 Å². The van der Waals surface area contributed by atoms with Gasteiger partial charge in [-0.15, -0.1) is 0 Å². The fraction of sp³-hybridized carbons (Fsp3) is 0.966. The van der Waals surface area contributed by atoms with Gasteiger partial charge in [0.25, 0.3) is 0 Å². The van der Waals surface area contributed by atoms with E-state index in [0.29, 0.717) is 6.42 Å². The molecule has 9 nitrogen and oxygen atoms in total. The predicted molar refractivity (Wildman–Crippen MR) is 147 cm³/mol. The summed E-state index contributed by atoms with van der Waals surface area (Å²) in [6.07, 6.45) is 13.1. The standard InChI is InChI=1S/C29H57NO8/c1-3-4-5-6-7-8-9-10-11-12-13-14-15-16-17-18-19-24(33)23(30-22(2)32)21-37-29-28(36)27(35)26(34)25(20-31)38-29/h23-29,31,33-36H,3-21H2,1-2H3,(H,30,32). The van der Waals surface area contributed by atoms with E-state index >= 15 is 0 Å². The topological polar surface area (TPSA) is 149 Å². The predicted octanol–water partition coefficient (Wildman–Crippen LogP) is 3.32. The molecule has 7 unspecified atom stereocenters. The Kier molecular flexibility index (Phi) is 20.3. The molecule has 6 N–H and O–H groups in total. The zero-order valence-corrected chi connectivity index (χ0v) is 23.9. The van der Waals surface area contributed by atoms with Gasteiger partial charge in [-0.1, -0.05) is 110 Å². The summed E-state index contributed by atoms with van der Waals surface area (Å²) in [7, 11) is 0. The Morgan fingerprint density at radius 1 is 0.789 bits per heavy atom. The van der Waals surface area contributed by atoms with Crippen LogP contribution >= 0.6 is 0 Å². The van der Waals surface area contributed by atoms with E-state index in [0.717, 1.165) is 19.3 Å². The molecule has 1 rings (SSSR count). The first-order chi connectivity index (χ1) is 18.3. The van der Waals surface area contributed by atoms with Crippen LogP contribution < -0.4 is 5.32 Å². The highest BCUT2D eigenvalue weighted by Gasteiger charge is 2.44. The van der Waals surface area contributed by atoms with Gasteiger partial charge in [0, 0.05) is 6.92 Å². The molecular formula is C29H57NO8. The van der Waals surface area contributed by atoms with Gasteiger partial charge in [-0.05, 0) is 6.42 Å². The summed E-state index contributed by atoms with van der Waals surface area (Å²) in [6, 6.07) is -0.712. The van der Waals surface area contributed by atoms with Crippen LogP contribution in [0, 0.1) is 0 Å². The molecule has 0 aliphatic carbocycles. The molecule has 1 aliphatic rings. The van der Waals surface area contributed by atoms with E-state index in [1.54, 1.807) is 0 Å². The highest BCUT2D eigenvalue weighted by atomic mass is 16.7. The Bertz CT molecular complexity index is 579. The maximum atomic E-state index is 11.6. The van der Waals surface area contributed by atoms with Gasteiger partial charge in [0.2, 0.25) is 5.91 Å². The van der Waals surface area contributed by atoms with Gasteiger partial charge in [-0.2, -0.15) is 0 Å². The molecule has 226 valence electrons. The molecule has 0 bridgehead atoms. The number of aliphatic hydroxyl groups excluding tert-OH is 5. The summed E-state index contributed by atoms with van der Waals surface area (Å²) >= 11 is 0. The van der Waals surface area contributed by atoms with E-state index in [2.05, 4.69) is 12.2 Å². The lowest BCUT2D eigenvalue weighted by Crippen LogP contribution is -2.60. The first-order valence-electron chi connectivity index (χ1n) is 15.2. The molecule has 1 amide bonds. The van der Waals surface area contributed by atoms with Gasteiger partial charge in [0.05, 0.1) is 25.4 Å². The van der Waals surface area contributed by atoms with Crippen LogP contribution in [0.5, 0.6) is 0 Å². The van der Waals surface area contributed by atoms with Crippen molar-refractivity contribution in [2.45, 2.75) is 166 Å². The largest absolute Gasteiger partial charge is 0.394 e. The quantitative estimate of drug-likeness (QED) is 0.107. The van der Waals surface area contributed by atoms with Crippen LogP contribution in [0.15, 0.2) is 0 Å². The fourth-order valence-electron chi connectivity index (χ4n) is 5.02. The van der Waals surface area contributed by atoms with E-state index in [1.165, 1.54) is 90.4 Å². The van der Waals surface area contributed by atoms with E-state index < -0.39 is 49.5 Å². The smallest absolute Gasteiger partial charge is 0.217 e.